The zero-order valence-electron chi connectivity index (χ0n) is 19.0. The van der Waals surface area contributed by atoms with Crippen LogP contribution in [0.1, 0.15) is 48.4 Å². The summed E-state index contributed by atoms with van der Waals surface area (Å²) in [6.45, 7) is 6.41. The molecule has 0 saturated carbocycles. The number of ether oxygens (including phenoxy) is 1. The Bertz CT molecular complexity index is 1210. The number of aliphatic hydroxyl groups is 1. The number of benzene rings is 1. The SMILES string of the molecule is COc1ccc(C(C)(C)C)cc1/C(O)=C1\C(=O)C(=O)N(Cc2cccnc2)C1c1cccs1. The minimum Gasteiger partial charge on any atom is -0.507 e. The van der Waals surface area contributed by atoms with Gasteiger partial charge >= 0.3 is 0 Å². The quantitative estimate of drug-likeness (QED) is 0.325. The van der Waals surface area contributed by atoms with Gasteiger partial charge < -0.3 is 14.7 Å². The lowest BCUT2D eigenvalue weighted by Crippen LogP contribution is -2.28. The number of carbonyl (C=O) groups is 2. The lowest BCUT2D eigenvalue weighted by molar-refractivity contribution is -0.140. The maximum absolute atomic E-state index is 13.2. The summed E-state index contributed by atoms with van der Waals surface area (Å²) in [6.07, 6.45) is 3.32. The molecule has 1 N–H and O–H groups in total. The Morgan fingerprint density at radius 1 is 1.18 bits per heavy atom. The molecule has 1 aliphatic rings. The number of amides is 1. The van der Waals surface area contributed by atoms with Crippen LogP contribution in [0.5, 0.6) is 5.75 Å². The van der Waals surface area contributed by atoms with Crippen LogP contribution in [0.25, 0.3) is 5.76 Å². The molecule has 1 aromatic carbocycles. The molecule has 6 nitrogen and oxygen atoms in total. The van der Waals surface area contributed by atoms with Crippen molar-refractivity contribution in [1.29, 1.82) is 0 Å². The largest absolute Gasteiger partial charge is 0.507 e. The smallest absolute Gasteiger partial charge is 0.295 e. The van der Waals surface area contributed by atoms with Crippen molar-refractivity contribution in [1.82, 2.24) is 9.88 Å². The van der Waals surface area contributed by atoms with Gasteiger partial charge in [-0.05, 0) is 46.2 Å². The average Bonchev–Trinajstić information content (AvgIpc) is 3.41. The van der Waals surface area contributed by atoms with Crippen LogP contribution in [0, 0.1) is 0 Å². The van der Waals surface area contributed by atoms with Gasteiger partial charge in [0, 0.05) is 23.8 Å². The van der Waals surface area contributed by atoms with Crippen molar-refractivity contribution in [2.45, 2.75) is 38.8 Å². The Labute approximate surface area is 197 Å². The summed E-state index contributed by atoms with van der Waals surface area (Å²) in [7, 11) is 1.51. The number of carbonyl (C=O) groups excluding carboxylic acids is 2. The fourth-order valence-electron chi connectivity index (χ4n) is 3.98. The second kappa shape index (κ2) is 8.83. The lowest BCUT2D eigenvalue weighted by atomic mass is 9.85. The van der Waals surface area contributed by atoms with Gasteiger partial charge in [0.25, 0.3) is 11.7 Å². The van der Waals surface area contributed by atoms with Crippen LogP contribution >= 0.6 is 11.3 Å². The molecule has 1 fully saturated rings. The van der Waals surface area contributed by atoms with E-state index in [9.17, 15) is 14.7 Å². The first-order valence-electron chi connectivity index (χ1n) is 10.6. The van der Waals surface area contributed by atoms with Crippen molar-refractivity contribution in [2.75, 3.05) is 7.11 Å². The van der Waals surface area contributed by atoms with E-state index in [0.717, 1.165) is 16.0 Å². The number of hydrogen-bond acceptors (Lipinski definition) is 6. The van der Waals surface area contributed by atoms with Gasteiger partial charge in [0.15, 0.2) is 0 Å². The predicted octanol–water partition coefficient (Wildman–Crippen LogP) is 5.07. The first-order valence-corrected chi connectivity index (χ1v) is 11.5. The molecule has 0 spiro atoms. The van der Waals surface area contributed by atoms with E-state index in [2.05, 4.69) is 25.8 Å². The third-order valence-corrected chi connectivity index (χ3v) is 6.67. The number of aromatic nitrogens is 1. The summed E-state index contributed by atoms with van der Waals surface area (Å²) in [5.41, 5.74) is 2.05. The fraction of sp³-hybridized carbons (Fsp3) is 0.269. The number of aliphatic hydroxyl groups excluding tert-OH is 1. The first-order chi connectivity index (χ1) is 15.7. The number of ketones is 1. The van der Waals surface area contributed by atoms with Crippen LogP contribution in [0.4, 0.5) is 0 Å². The normalized spacial score (nSPS) is 18.1. The molecule has 1 atom stereocenters. The van der Waals surface area contributed by atoms with Crippen molar-refractivity contribution in [2.24, 2.45) is 0 Å². The number of methoxy groups -OCH3 is 1. The van der Waals surface area contributed by atoms with Gasteiger partial charge in [0.2, 0.25) is 0 Å². The predicted molar refractivity (Wildman–Crippen MR) is 128 cm³/mol. The molecule has 0 aliphatic carbocycles. The van der Waals surface area contributed by atoms with Gasteiger partial charge in [0.1, 0.15) is 11.5 Å². The lowest BCUT2D eigenvalue weighted by Gasteiger charge is -2.25. The fourth-order valence-corrected chi connectivity index (χ4v) is 4.82. The summed E-state index contributed by atoms with van der Waals surface area (Å²) < 4.78 is 5.49. The van der Waals surface area contributed by atoms with Crippen LogP contribution in [-0.4, -0.2) is 33.8 Å². The van der Waals surface area contributed by atoms with Gasteiger partial charge in [-0.3, -0.25) is 14.6 Å². The summed E-state index contributed by atoms with van der Waals surface area (Å²) in [5.74, 6) is -1.16. The molecule has 1 aliphatic heterocycles. The molecule has 3 heterocycles. The Morgan fingerprint density at radius 2 is 1.97 bits per heavy atom. The molecular formula is C26H26N2O4S. The third kappa shape index (κ3) is 4.28. The average molecular weight is 463 g/mol. The molecule has 1 amide bonds. The third-order valence-electron chi connectivity index (χ3n) is 5.75. The van der Waals surface area contributed by atoms with Crippen LogP contribution < -0.4 is 4.74 Å². The van der Waals surface area contributed by atoms with Gasteiger partial charge in [-0.15, -0.1) is 11.3 Å². The van der Waals surface area contributed by atoms with E-state index in [-0.39, 0.29) is 23.3 Å². The van der Waals surface area contributed by atoms with Crippen LogP contribution in [-0.2, 0) is 21.5 Å². The van der Waals surface area contributed by atoms with Crippen LogP contribution in [0.15, 0.2) is 65.8 Å². The van der Waals surface area contributed by atoms with E-state index in [0.29, 0.717) is 11.3 Å². The second-order valence-corrected chi connectivity index (χ2v) is 9.95. The van der Waals surface area contributed by atoms with Gasteiger partial charge in [0.05, 0.1) is 24.3 Å². The Balaban J connectivity index is 1.89. The van der Waals surface area contributed by atoms with E-state index in [1.807, 2.05) is 35.7 Å². The molecule has 2 aromatic heterocycles. The standard InChI is InChI=1S/C26H26N2O4S/c1-26(2,3)17-9-10-19(32-4)18(13-17)23(29)21-22(20-8-6-12-33-20)28(25(31)24(21)30)15-16-7-5-11-27-14-16/h5-14,22,29H,15H2,1-4H3/b23-21+. The number of Topliss-reactive ketones (excluding diaryl/α,β-unsaturated/α-hetero) is 1. The number of hydrogen-bond donors (Lipinski definition) is 1. The topological polar surface area (TPSA) is 79.7 Å². The molecule has 170 valence electrons. The Kier molecular flexibility index (Phi) is 6.08. The Hall–Kier alpha value is -3.45. The molecule has 7 heteroatoms. The number of rotatable bonds is 5. The zero-order chi connectivity index (χ0) is 23.8. The van der Waals surface area contributed by atoms with E-state index in [1.54, 1.807) is 24.5 Å². The summed E-state index contributed by atoms with van der Waals surface area (Å²) >= 11 is 1.43. The van der Waals surface area contributed by atoms with Gasteiger partial charge in [-0.25, -0.2) is 0 Å². The zero-order valence-corrected chi connectivity index (χ0v) is 19.8. The van der Waals surface area contributed by atoms with E-state index in [4.69, 9.17) is 4.74 Å². The highest BCUT2D eigenvalue weighted by molar-refractivity contribution is 7.10. The van der Waals surface area contributed by atoms with E-state index < -0.39 is 17.7 Å². The van der Waals surface area contributed by atoms with E-state index in [1.165, 1.54) is 23.3 Å². The van der Waals surface area contributed by atoms with Gasteiger partial charge in [-0.2, -0.15) is 0 Å². The Morgan fingerprint density at radius 3 is 2.58 bits per heavy atom. The minimum absolute atomic E-state index is 0.0655. The first kappa shape index (κ1) is 22.7. The summed E-state index contributed by atoms with van der Waals surface area (Å²) in [4.78, 5) is 32.8. The monoisotopic (exact) mass is 462 g/mol. The summed E-state index contributed by atoms with van der Waals surface area (Å²) in [6, 6.07) is 12.2. The molecule has 3 aromatic rings. The van der Waals surface area contributed by atoms with Crippen molar-refractivity contribution in [3.8, 4) is 5.75 Å². The van der Waals surface area contributed by atoms with Crippen molar-refractivity contribution < 1.29 is 19.4 Å². The maximum atomic E-state index is 13.2. The van der Waals surface area contributed by atoms with Crippen molar-refractivity contribution in [3.05, 3.63) is 87.4 Å². The minimum atomic E-state index is -0.710. The maximum Gasteiger partial charge on any atom is 0.295 e. The number of likely N-dealkylation sites (tertiary alicyclic amines) is 1. The molecule has 4 rings (SSSR count). The van der Waals surface area contributed by atoms with Crippen molar-refractivity contribution in [3.63, 3.8) is 0 Å². The van der Waals surface area contributed by atoms with Gasteiger partial charge in [-0.1, -0.05) is 39.0 Å². The number of nitrogens with zero attached hydrogens (tertiary/aromatic N) is 2. The van der Waals surface area contributed by atoms with Crippen LogP contribution in [0.2, 0.25) is 0 Å². The van der Waals surface area contributed by atoms with Crippen LogP contribution in [0.3, 0.4) is 0 Å². The molecule has 33 heavy (non-hydrogen) atoms. The molecule has 1 unspecified atom stereocenters. The van der Waals surface area contributed by atoms with Crippen molar-refractivity contribution >= 4 is 28.8 Å². The number of pyridine rings is 1. The number of thiophene rings is 1. The van der Waals surface area contributed by atoms with E-state index >= 15 is 0 Å². The molecule has 1 saturated heterocycles. The highest BCUT2D eigenvalue weighted by Gasteiger charge is 2.46. The second-order valence-electron chi connectivity index (χ2n) is 8.97. The summed E-state index contributed by atoms with van der Waals surface area (Å²) in [5, 5.41) is 13.3. The molecule has 0 radical (unpaired) electrons. The molecular weight excluding hydrogens is 436 g/mol. The highest BCUT2D eigenvalue weighted by Crippen LogP contribution is 2.43. The molecule has 0 bridgehead atoms. The highest BCUT2D eigenvalue weighted by atomic mass is 32.1.